The molecule has 5 heteroatoms. The third kappa shape index (κ3) is 2.07. The molecule has 1 aliphatic heterocycles. The van der Waals surface area contributed by atoms with Gasteiger partial charge in [0.2, 0.25) is 0 Å². The number of benzene rings is 1. The Morgan fingerprint density at radius 2 is 1.95 bits per heavy atom. The maximum Gasteiger partial charge on any atom is 0.267 e. The summed E-state index contributed by atoms with van der Waals surface area (Å²) < 4.78 is 11.1. The molecule has 1 aromatic heterocycles. The number of amides is 1. The highest BCUT2D eigenvalue weighted by atomic mass is 16.6. The lowest BCUT2D eigenvalue weighted by molar-refractivity contribution is 0.0995. The first kappa shape index (κ1) is 12.5. The van der Waals surface area contributed by atoms with Crippen LogP contribution in [0.1, 0.15) is 16.1 Å². The molecule has 2 aromatic rings. The molecule has 0 bridgehead atoms. The largest absolute Gasteiger partial charge is 0.486 e. The number of rotatable bonds is 2. The van der Waals surface area contributed by atoms with Gasteiger partial charge in [0.1, 0.15) is 18.9 Å². The third-order valence-corrected chi connectivity index (χ3v) is 3.29. The lowest BCUT2D eigenvalue weighted by atomic mass is 9.99. The number of fused-ring (bicyclic) bond motifs is 1. The van der Waals surface area contributed by atoms with Crippen molar-refractivity contribution in [3.05, 3.63) is 41.7 Å². The molecule has 2 N–H and O–H groups in total. The van der Waals surface area contributed by atoms with Crippen molar-refractivity contribution in [2.24, 2.45) is 5.73 Å². The second-order valence-corrected chi connectivity index (χ2v) is 4.55. The number of carbonyl (C=O) groups is 1. The fraction of sp³-hybridized carbons (Fsp3) is 0.200. The van der Waals surface area contributed by atoms with Gasteiger partial charge < -0.3 is 15.2 Å². The molecule has 0 radical (unpaired) electrons. The van der Waals surface area contributed by atoms with Gasteiger partial charge >= 0.3 is 0 Å². The van der Waals surface area contributed by atoms with E-state index < -0.39 is 5.91 Å². The van der Waals surface area contributed by atoms with Crippen LogP contribution in [0.4, 0.5) is 0 Å². The van der Waals surface area contributed by atoms with Crippen LogP contribution in [0.2, 0.25) is 0 Å². The van der Waals surface area contributed by atoms with Gasteiger partial charge in [-0.3, -0.25) is 9.78 Å². The van der Waals surface area contributed by atoms with Crippen molar-refractivity contribution < 1.29 is 14.3 Å². The van der Waals surface area contributed by atoms with Gasteiger partial charge in [-0.05, 0) is 41.8 Å². The molecule has 1 aliphatic rings. The normalized spacial score (nSPS) is 13.1. The number of ether oxygens (including phenoxy) is 2. The van der Waals surface area contributed by atoms with E-state index in [1.54, 1.807) is 6.20 Å². The van der Waals surface area contributed by atoms with Crippen LogP contribution >= 0.6 is 0 Å². The van der Waals surface area contributed by atoms with Gasteiger partial charge in [0.25, 0.3) is 5.91 Å². The van der Waals surface area contributed by atoms with Gasteiger partial charge in [0.05, 0.1) is 0 Å². The Morgan fingerprint density at radius 3 is 2.70 bits per heavy atom. The highest BCUT2D eigenvalue weighted by Crippen LogP contribution is 2.35. The van der Waals surface area contributed by atoms with Crippen LogP contribution in [0.25, 0.3) is 11.1 Å². The van der Waals surface area contributed by atoms with E-state index in [-0.39, 0.29) is 5.69 Å². The average Bonchev–Trinajstić information content (AvgIpc) is 2.46. The van der Waals surface area contributed by atoms with Crippen molar-refractivity contribution >= 4 is 5.91 Å². The first-order valence-corrected chi connectivity index (χ1v) is 6.32. The summed E-state index contributed by atoms with van der Waals surface area (Å²) in [7, 11) is 0. The van der Waals surface area contributed by atoms with Crippen molar-refractivity contribution in [2.45, 2.75) is 6.92 Å². The van der Waals surface area contributed by atoms with Crippen LogP contribution in [-0.4, -0.2) is 24.1 Å². The van der Waals surface area contributed by atoms with E-state index in [0.29, 0.717) is 19.0 Å². The lowest BCUT2D eigenvalue weighted by Crippen LogP contribution is -2.16. The SMILES string of the molecule is Cc1c(-c2ccc3c(c2)OCCO3)ccnc1C(N)=O. The Labute approximate surface area is 116 Å². The second kappa shape index (κ2) is 4.85. The molecule has 0 unspecified atom stereocenters. The van der Waals surface area contributed by atoms with E-state index in [2.05, 4.69) is 4.98 Å². The Balaban J connectivity index is 2.09. The highest BCUT2D eigenvalue weighted by molar-refractivity contribution is 5.94. The zero-order valence-electron chi connectivity index (χ0n) is 11.1. The molecule has 0 fully saturated rings. The molecule has 1 amide bonds. The van der Waals surface area contributed by atoms with E-state index in [0.717, 1.165) is 22.4 Å². The second-order valence-electron chi connectivity index (χ2n) is 4.55. The number of nitrogens with two attached hydrogens (primary N) is 1. The third-order valence-electron chi connectivity index (χ3n) is 3.29. The first-order chi connectivity index (χ1) is 9.66. The van der Waals surface area contributed by atoms with E-state index in [1.165, 1.54) is 0 Å². The highest BCUT2D eigenvalue weighted by Gasteiger charge is 2.15. The van der Waals surface area contributed by atoms with Crippen molar-refractivity contribution in [3.8, 4) is 22.6 Å². The van der Waals surface area contributed by atoms with E-state index in [4.69, 9.17) is 15.2 Å². The molecule has 102 valence electrons. The molecule has 20 heavy (non-hydrogen) atoms. The molecule has 5 nitrogen and oxygen atoms in total. The number of carbonyl (C=O) groups excluding carboxylic acids is 1. The average molecular weight is 270 g/mol. The van der Waals surface area contributed by atoms with Crippen LogP contribution in [0.3, 0.4) is 0 Å². The van der Waals surface area contributed by atoms with Crippen molar-refractivity contribution in [1.82, 2.24) is 4.98 Å². The van der Waals surface area contributed by atoms with Gasteiger partial charge in [-0.1, -0.05) is 6.07 Å². The predicted octanol–water partition coefficient (Wildman–Crippen LogP) is 1.93. The fourth-order valence-corrected chi connectivity index (χ4v) is 2.31. The Bertz CT molecular complexity index is 683. The summed E-state index contributed by atoms with van der Waals surface area (Å²) in [5.74, 6) is 0.925. The van der Waals surface area contributed by atoms with Crippen molar-refractivity contribution in [1.29, 1.82) is 0 Å². The van der Waals surface area contributed by atoms with Gasteiger partial charge in [-0.25, -0.2) is 0 Å². The minimum atomic E-state index is -0.526. The van der Waals surface area contributed by atoms with Crippen molar-refractivity contribution in [3.63, 3.8) is 0 Å². The summed E-state index contributed by atoms with van der Waals surface area (Å²) >= 11 is 0. The fourth-order valence-electron chi connectivity index (χ4n) is 2.31. The maximum atomic E-state index is 11.4. The number of hydrogen-bond acceptors (Lipinski definition) is 4. The van der Waals surface area contributed by atoms with Gasteiger partial charge in [0, 0.05) is 6.20 Å². The Morgan fingerprint density at radius 1 is 1.20 bits per heavy atom. The van der Waals surface area contributed by atoms with Gasteiger partial charge in [-0.15, -0.1) is 0 Å². The molecule has 1 aromatic carbocycles. The van der Waals surface area contributed by atoms with Crippen LogP contribution in [0.15, 0.2) is 30.5 Å². The van der Waals surface area contributed by atoms with E-state index >= 15 is 0 Å². The number of primary amides is 1. The Kier molecular flexibility index (Phi) is 3.02. The number of pyridine rings is 1. The topological polar surface area (TPSA) is 74.4 Å². The quantitative estimate of drug-likeness (QED) is 0.904. The summed E-state index contributed by atoms with van der Waals surface area (Å²) in [6, 6.07) is 7.56. The number of aromatic nitrogens is 1. The van der Waals surface area contributed by atoms with Gasteiger partial charge in [0.15, 0.2) is 11.5 Å². The summed E-state index contributed by atoms with van der Waals surface area (Å²) in [5.41, 5.74) is 8.23. The molecular weight excluding hydrogens is 256 g/mol. The monoisotopic (exact) mass is 270 g/mol. The minimum absolute atomic E-state index is 0.289. The van der Waals surface area contributed by atoms with Crippen molar-refractivity contribution in [2.75, 3.05) is 13.2 Å². The lowest BCUT2D eigenvalue weighted by Gasteiger charge is -2.19. The summed E-state index contributed by atoms with van der Waals surface area (Å²) in [6.07, 6.45) is 1.58. The molecule has 2 heterocycles. The standard InChI is InChI=1S/C15H14N2O3/c1-9-11(4-5-17-14(9)15(16)18)10-2-3-12-13(8-10)20-7-6-19-12/h2-5,8H,6-7H2,1H3,(H2,16,18). The number of hydrogen-bond donors (Lipinski definition) is 1. The summed E-state index contributed by atoms with van der Waals surface area (Å²) in [6.45, 7) is 2.93. The minimum Gasteiger partial charge on any atom is -0.486 e. The summed E-state index contributed by atoms with van der Waals surface area (Å²) in [4.78, 5) is 15.4. The smallest absolute Gasteiger partial charge is 0.267 e. The van der Waals surface area contributed by atoms with Crippen LogP contribution in [0.5, 0.6) is 11.5 Å². The molecule has 0 spiro atoms. The Hall–Kier alpha value is -2.56. The first-order valence-electron chi connectivity index (χ1n) is 6.32. The number of nitrogens with zero attached hydrogens (tertiary/aromatic N) is 1. The molecule has 0 atom stereocenters. The summed E-state index contributed by atoms with van der Waals surface area (Å²) in [5, 5.41) is 0. The molecule has 3 rings (SSSR count). The van der Waals surface area contributed by atoms with Crippen LogP contribution in [0, 0.1) is 6.92 Å². The zero-order chi connectivity index (χ0) is 14.1. The predicted molar refractivity (Wildman–Crippen MR) is 73.9 cm³/mol. The molecule has 0 aliphatic carbocycles. The van der Waals surface area contributed by atoms with E-state index in [1.807, 2.05) is 31.2 Å². The zero-order valence-corrected chi connectivity index (χ0v) is 11.1. The van der Waals surface area contributed by atoms with E-state index in [9.17, 15) is 4.79 Å². The maximum absolute atomic E-state index is 11.4. The molecule has 0 saturated carbocycles. The molecule has 0 saturated heterocycles. The molecular formula is C15H14N2O3. The van der Waals surface area contributed by atoms with Crippen LogP contribution in [-0.2, 0) is 0 Å². The van der Waals surface area contributed by atoms with Gasteiger partial charge in [-0.2, -0.15) is 0 Å². The van der Waals surface area contributed by atoms with Crippen LogP contribution < -0.4 is 15.2 Å².